The summed E-state index contributed by atoms with van der Waals surface area (Å²) in [6.45, 7) is 6.03. The predicted octanol–water partition coefficient (Wildman–Crippen LogP) is 2.12. The minimum absolute atomic E-state index is 0.0632. The highest BCUT2D eigenvalue weighted by Crippen LogP contribution is 2.22. The molecule has 1 aromatic rings. The number of aryl methyl sites for hydroxylation is 1. The van der Waals surface area contributed by atoms with E-state index in [0.717, 1.165) is 5.56 Å². The number of rotatable bonds is 6. The Labute approximate surface area is 106 Å². The van der Waals surface area contributed by atoms with Crippen molar-refractivity contribution < 1.29 is 10.0 Å². The van der Waals surface area contributed by atoms with Crippen LogP contribution in [0.25, 0.3) is 0 Å². The Hall–Kier alpha value is -1.69. The highest BCUT2D eigenvalue weighted by Gasteiger charge is 2.16. The van der Waals surface area contributed by atoms with E-state index < -0.39 is 11.0 Å². The van der Waals surface area contributed by atoms with Crippen LogP contribution in [0.15, 0.2) is 12.3 Å². The average molecular weight is 253 g/mol. The summed E-state index contributed by atoms with van der Waals surface area (Å²) in [4.78, 5) is 14.4. The Morgan fingerprint density at radius 2 is 2.22 bits per heavy atom. The maximum Gasteiger partial charge on any atom is 0.311 e. The number of nitrogens with one attached hydrogen (secondary N) is 1. The van der Waals surface area contributed by atoms with Gasteiger partial charge in [-0.1, -0.05) is 13.8 Å². The van der Waals surface area contributed by atoms with E-state index in [0.29, 0.717) is 12.3 Å². The lowest BCUT2D eigenvalue weighted by Crippen LogP contribution is -2.22. The number of pyridine rings is 1. The molecule has 0 saturated heterocycles. The van der Waals surface area contributed by atoms with Crippen LogP contribution in [0.2, 0.25) is 0 Å². The van der Waals surface area contributed by atoms with Gasteiger partial charge >= 0.3 is 5.69 Å². The fraction of sp³-hybridized carbons (Fsp3) is 0.583. The predicted molar refractivity (Wildman–Crippen MR) is 69.6 cm³/mol. The molecule has 1 aromatic heterocycles. The zero-order valence-electron chi connectivity index (χ0n) is 10.9. The standard InChI is InChI=1S/C12H19N3O3/c1-8(2)4-10(16)7-14-12-11(15(17)18)5-9(3)6-13-12/h5-6,8,10,16H,4,7H2,1-3H3,(H,13,14). The van der Waals surface area contributed by atoms with Crippen molar-refractivity contribution in [2.45, 2.75) is 33.3 Å². The molecular formula is C12H19N3O3. The SMILES string of the molecule is Cc1cnc(NCC(O)CC(C)C)c([N+](=O)[O-])c1. The molecule has 0 fully saturated rings. The summed E-state index contributed by atoms with van der Waals surface area (Å²) in [7, 11) is 0. The lowest BCUT2D eigenvalue weighted by molar-refractivity contribution is -0.384. The molecule has 1 atom stereocenters. The number of aromatic nitrogens is 1. The van der Waals surface area contributed by atoms with Gasteiger partial charge in [-0.15, -0.1) is 0 Å². The lowest BCUT2D eigenvalue weighted by Gasteiger charge is -2.14. The molecule has 1 rings (SSSR count). The van der Waals surface area contributed by atoms with Gasteiger partial charge in [0.1, 0.15) is 0 Å². The van der Waals surface area contributed by atoms with Crippen LogP contribution in [0, 0.1) is 23.0 Å². The molecule has 0 bridgehead atoms. The van der Waals surface area contributed by atoms with Gasteiger partial charge in [0.05, 0.1) is 11.0 Å². The monoisotopic (exact) mass is 253 g/mol. The maximum atomic E-state index is 10.9. The number of aliphatic hydroxyl groups excluding tert-OH is 1. The Morgan fingerprint density at radius 3 is 2.78 bits per heavy atom. The summed E-state index contributed by atoms with van der Waals surface area (Å²) in [6.07, 6.45) is 1.67. The van der Waals surface area contributed by atoms with E-state index in [1.165, 1.54) is 6.07 Å². The quantitative estimate of drug-likeness (QED) is 0.598. The second-order valence-electron chi connectivity index (χ2n) is 4.80. The number of hydrogen-bond acceptors (Lipinski definition) is 5. The molecule has 0 aromatic carbocycles. The molecule has 0 aliphatic carbocycles. The van der Waals surface area contributed by atoms with E-state index in [9.17, 15) is 15.2 Å². The van der Waals surface area contributed by atoms with Gasteiger partial charge in [0.25, 0.3) is 0 Å². The summed E-state index contributed by atoms with van der Waals surface area (Å²) in [5.74, 6) is 0.580. The topological polar surface area (TPSA) is 88.3 Å². The van der Waals surface area contributed by atoms with Crippen LogP contribution in [0.1, 0.15) is 25.8 Å². The zero-order valence-corrected chi connectivity index (χ0v) is 10.9. The van der Waals surface area contributed by atoms with Crippen molar-refractivity contribution in [3.05, 3.63) is 27.9 Å². The molecule has 6 nitrogen and oxygen atoms in total. The summed E-state index contributed by atoms with van der Waals surface area (Å²) in [5.41, 5.74) is 0.668. The Bertz CT molecular complexity index is 421. The first-order valence-electron chi connectivity index (χ1n) is 5.93. The van der Waals surface area contributed by atoms with Gasteiger partial charge in [-0.3, -0.25) is 10.1 Å². The van der Waals surface area contributed by atoms with Crippen molar-refractivity contribution in [3.63, 3.8) is 0 Å². The van der Waals surface area contributed by atoms with E-state index in [-0.39, 0.29) is 18.1 Å². The number of nitrogens with zero attached hydrogens (tertiary/aromatic N) is 2. The summed E-state index contributed by atoms with van der Waals surface area (Å²) < 4.78 is 0. The first-order valence-corrected chi connectivity index (χ1v) is 5.93. The largest absolute Gasteiger partial charge is 0.391 e. The van der Waals surface area contributed by atoms with E-state index >= 15 is 0 Å². The average Bonchev–Trinajstić information content (AvgIpc) is 2.26. The van der Waals surface area contributed by atoms with Crippen molar-refractivity contribution in [3.8, 4) is 0 Å². The van der Waals surface area contributed by atoms with Crippen molar-refractivity contribution in [2.24, 2.45) is 5.92 Å². The van der Waals surface area contributed by atoms with Crippen molar-refractivity contribution in [1.29, 1.82) is 0 Å². The van der Waals surface area contributed by atoms with Gasteiger partial charge in [0.15, 0.2) is 0 Å². The van der Waals surface area contributed by atoms with Crippen LogP contribution in [0.4, 0.5) is 11.5 Å². The molecule has 0 radical (unpaired) electrons. The molecule has 1 heterocycles. The fourth-order valence-corrected chi connectivity index (χ4v) is 1.67. The third-order valence-electron chi connectivity index (χ3n) is 2.45. The Morgan fingerprint density at radius 1 is 1.56 bits per heavy atom. The minimum atomic E-state index is -0.535. The minimum Gasteiger partial charge on any atom is -0.391 e. The highest BCUT2D eigenvalue weighted by molar-refractivity contribution is 5.56. The highest BCUT2D eigenvalue weighted by atomic mass is 16.6. The van der Waals surface area contributed by atoms with E-state index in [1.807, 2.05) is 13.8 Å². The summed E-state index contributed by atoms with van der Waals surface area (Å²) >= 11 is 0. The molecule has 0 amide bonds. The van der Waals surface area contributed by atoms with Gasteiger partial charge < -0.3 is 10.4 Å². The smallest absolute Gasteiger partial charge is 0.311 e. The first-order chi connectivity index (χ1) is 8.40. The van der Waals surface area contributed by atoms with Crippen molar-refractivity contribution >= 4 is 11.5 Å². The molecule has 2 N–H and O–H groups in total. The molecule has 6 heteroatoms. The van der Waals surface area contributed by atoms with E-state index in [1.54, 1.807) is 13.1 Å². The van der Waals surface area contributed by atoms with Crippen LogP contribution in [0.3, 0.4) is 0 Å². The van der Waals surface area contributed by atoms with Crippen LogP contribution in [-0.2, 0) is 0 Å². The Balaban J connectivity index is 2.70. The molecule has 0 aliphatic heterocycles. The molecule has 0 saturated carbocycles. The molecule has 0 aliphatic rings. The van der Waals surface area contributed by atoms with Crippen LogP contribution < -0.4 is 5.32 Å². The molecule has 0 spiro atoms. The van der Waals surface area contributed by atoms with Gasteiger partial charge in [0, 0.05) is 18.8 Å². The fourth-order valence-electron chi connectivity index (χ4n) is 1.67. The second kappa shape index (κ2) is 6.30. The number of hydrogen-bond donors (Lipinski definition) is 2. The first kappa shape index (κ1) is 14.4. The van der Waals surface area contributed by atoms with Crippen molar-refractivity contribution in [1.82, 2.24) is 4.98 Å². The zero-order chi connectivity index (χ0) is 13.7. The molecule has 18 heavy (non-hydrogen) atoms. The van der Waals surface area contributed by atoms with Gasteiger partial charge in [-0.25, -0.2) is 4.98 Å². The maximum absolute atomic E-state index is 10.9. The molecule has 1 unspecified atom stereocenters. The van der Waals surface area contributed by atoms with Crippen LogP contribution in [-0.4, -0.2) is 27.7 Å². The van der Waals surface area contributed by atoms with E-state index in [4.69, 9.17) is 0 Å². The third kappa shape index (κ3) is 4.29. The number of anilines is 1. The van der Waals surface area contributed by atoms with Crippen LogP contribution >= 0.6 is 0 Å². The third-order valence-corrected chi connectivity index (χ3v) is 2.45. The Kier molecular flexibility index (Phi) is 5.03. The van der Waals surface area contributed by atoms with Gasteiger partial charge in [-0.05, 0) is 24.8 Å². The van der Waals surface area contributed by atoms with Gasteiger partial charge in [0.2, 0.25) is 5.82 Å². The lowest BCUT2D eigenvalue weighted by atomic mass is 10.1. The summed E-state index contributed by atoms with van der Waals surface area (Å²) in [5, 5.41) is 23.4. The number of nitro groups is 1. The van der Waals surface area contributed by atoms with Crippen molar-refractivity contribution in [2.75, 3.05) is 11.9 Å². The molecular weight excluding hydrogens is 234 g/mol. The molecule has 100 valence electrons. The normalized spacial score (nSPS) is 12.5. The van der Waals surface area contributed by atoms with Gasteiger partial charge in [-0.2, -0.15) is 0 Å². The van der Waals surface area contributed by atoms with E-state index in [2.05, 4.69) is 10.3 Å². The number of aliphatic hydroxyl groups is 1. The summed E-state index contributed by atoms with van der Waals surface area (Å²) in [6, 6.07) is 1.46. The van der Waals surface area contributed by atoms with Crippen LogP contribution in [0.5, 0.6) is 0 Å². The second-order valence-corrected chi connectivity index (χ2v) is 4.80.